The first-order valence-electron chi connectivity index (χ1n) is 9.27. The molecule has 0 bridgehead atoms. The van der Waals surface area contributed by atoms with Crippen molar-refractivity contribution in [1.29, 1.82) is 0 Å². The summed E-state index contributed by atoms with van der Waals surface area (Å²) >= 11 is 0. The van der Waals surface area contributed by atoms with E-state index in [2.05, 4.69) is 56.5 Å². The highest BCUT2D eigenvalue weighted by Crippen LogP contribution is 2.16. The Labute approximate surface area is 164 Å². The largest absolute Gasteiger partial charge is 0.364 e. The molecule has 28 heavy (non-hydrogen) atoms. The number of aromatic nitrogens is 6. The SMILES string of the molecule is Cc1ccn(-c2ccc(NCc3c(C)nn(Cc4ccccc4)c3C)nn2)n1. The maximum Gasteiger partial charge on any atom is 0.175 e. The lowest BCUT2D eigenvalue weighted by Gasteiger charge is -2.08. The van der Waals surface area contributed by atoms with Crippen LogP contribution < -0.4 is 5.32 Å². The van der Waals surface area contributed by atoms with Crippen molar-refractivity contribution < 1.29 is 0 Å². The van der Waals surface area contributed by atoms with Gasteiger partial charge in [-0.15, -0.1) is 10.2 Å². The van der Waals surface area contributed by atoms with E-state index in [0.717, 1.165) is 29.4 Å². The molecule has 0 fully saturated rings. The van der Waals surface area contributed by atoms with E-state index in [1.54, 1.807) is 4.68 Å². The van der Waals surface area contributed by atoms with Gasteiger partial charge in [0.05, 0.1) is 17.9 Å². The maximum absolute atomic E-state index is 4.70. The molecule has 0 atom stereocenters. The number of rotatable bonds is 6. The van der Waals surface area contributed by atoms with Crippen LogP contribution in [0.3, 0.4) is 0 Å². The second kappa shape index (κ2) is 7.64. The highest BCUT2D eigenvalue weighted by Gasteiger charge is 2.12. The molecule has 4 rings (SSSR count). The topological polar surface area (TPSA) is 73.5 Å². The van der Waals surface area contributed by atoms with E-state index < -0.39 is 0 Å². The Morgan fingerprint density at radius 3 is 2.39 bits per heavy atom. The lowest BCUT2D eigenvalue weighted by atomic mass is 10.2. The van der Waals surface area contributed by atoms with E-state index in [1.165, 1.54) is 11.1 Å². The van der Waals surface area contributed by atoms with Gasteiger partial charge in [-0.25, -0.2) is 4.68 Å². The van der Waals surface area contributed by atoms with Crippen LogP contribution in [-0.4, -0.2) is 29.8 Å². The summed E-state index contributed by atoms with van der Waals surface area (Å²) in [5, 5.41) is 20.9. The Hall–Kier alpha value is -3.48. The first-order valence-corrected chi connectivity index (χ1v) is 9.27. The average molecular weight is 373 g/mol. The number of hydrogen-bond acceptors (Lipinski definition) is 5. The molecular weight excluding hydrogens is 350 g/mol. The van der Waals surface area contributed by atoms with Crippen LogP contribution in [0.25, 0.3) is 5.82 Å². The van der Waals surface area contributed by atoms with E-state index in [9.17, 15) is 0 Å². The van der Waals surface area contributed by atoms with Gasteiger partial charge in [0.25, 0.3) is 0 Å². The number of anilines is 1. The lowest BCUT2D eigenvalue weighted by molar-refractivity contribution is 0.658. The third-order valence-electron chi connectivity index (χ3n) is 4.76. The van der Waals surface area contributed by atoms with Crippen LogP contribution in [0.5, 0.6) is 0 Å². The van der Waals surface area contributed by atoms with E-state index >= 15 is 0 Å². The third-order valence-corrected chi connectivity index (χ3v) is 4.76. The summed E-state index contributed by atoms with van der Waals surface area (Å²) in [7, 11) is 0. The van der Waals surface area contributed by atoms with Gasteiger partial charge < -0.3 is 5.32 Å². The molecule has 0 aliphatic carbocycles. The normalized spacial score (nSPS) is 11.0. The number of benzene rings is 1. The van der Waals surface area contributed by atoms with Gasteiger partial charge in [-0.05, 0) is 44.5 Å². The molecule has 3 heterocycles. The number of nitrogens with zero attached hydrogens (tertiary/aromatic N) is 6. The molecule has 0 amide bonds. The quantitative estimate of drug-likeness (QED) is 0.560. The van der Waals surface area contributed by atoms with Gasteiger partial charge in [-0.1, -0.05) is 30.3 Å². The van der Waals surface area contributed by atoms with Gasteiger partial charge in [-0.2, -0.15) is 10.2 Å². The molecule has 0 radical (unpaired) electrons. The molecule has 1 aromatic carbocycles. The van der Waals surface area contributed by atoms with Crippen LogP contribution in [-0.2, 0) is 13.1 Å². The highest BCUT2D eigenvalue weighted by molar-refractivity contribution is 5.38. The summed E-state index contributed by atoms with van der Waals surface area (Å²) in [6.07, 6.45) is 1.88. The zero-order valence-electron chi connectivity index (χ0n) is 16.3. The fraction of sp³-hybridized carbons (Fsp3) is 0.238. The molecule has 0 unspecified atom stereocenters. The van der Waals surface area contributed by atoms with Gasteiger partial charge in [0.2, 0.25) is 0 Å². The fourth-order valence-corrected chi connectivity index (χ4v) is 3.16. The molecule has 7 nitrogen and oxygen atoms in total. The van der Waals surface area contributed by atoms with Crippen molar-refractivity contribution in [3.63, 3.8) is 0 Å². The predicted molar refractivity (Wildman–Crippen MR) is 108 cm³/mol. The van der Waals surface area contributed by atoms with Crippen molar-refractivity contribution in [2.75, 3.05) is 5.32 Å². The minimum atomic E-state index is 0.654. The summed E-state index contributed by atoms with van der Waals surface area (Å²) in [4.78, 5) is 0. The van der Waals surface area contributed by atoms with Crippen LogP contribution in [0.1, 0.15) is 28.2 Å². The zero-order valence-corrected chi connectivity index (χ0v) is 16.3. The van der Waals surface area contributed by atoms with Gasteiger partial charge in [0.1, 0.15) is 5.82 Å². The Kier molecular flexibility index (Phi) is 4.89. The standard InChI is InChI=1S/C21H23N7/c1-15-11-12-27(25-15)21-10-9-20(23-24-21)22-13-19-16(2)26-28(17(19)3)14-18-7-5-4-6-8-18/h4-12H,13-14H2,1-3H3,(H,22,23). The van der Waals surface area contributed by atoms with Crippen molar-refractivity contribution >= 4 is 5.82 Å². The van der Waals surface area contributed by atoms with Crippen LogP contribution in [0, 0.1) is 20.8 Å². The molecule has 142 valence electrons. The second-order valence-electron chi connectivity index (χ2n) is 6.82. The van der Waals surface area contributed by atoms with Crippen LogP contribution in [0.2, 0.25) is 0 Å². The van der Waals surface area contributed by atoms with Crippen LogP contribution in [0.4, 0.5) is 5.82 Å². The van der Waals surface area contributed by atoms with Crippen molar-refractivity contribution in [2.45, 2.75) is 33.9 Å². The third kappa shape index (κ3) is 3.78. The van der Waals surface area contributed by atoms with E-state index in [0.29, 0.717) is 12.4 Å². The summed E-state index contributed by atoms with van der Waals surface area (Å²) < 4.78 is 3.77. The summed E-state index contributed by atoms with van der Waals surface area (Å²) in [6, 6.07) is 16.1. The minimum Gasteiger partial charge on any atom is -0.364 e. The Balaban J connectivity index is 1.45. The first-order chi connectivity index (χ1) is 13.6. The minimum absolute atomic E-state index is 0.654. The van der Waals surface area contributed by atoms with Crippen molar-refractivity contribution in [2.24, 2.45) is 0 Å². The van der Waals surface area contributed by atoms with Crippen molar-refractivity contribution in [1.82, 2.24) is 29.8 Å². The van der Waals surface area contributed by atoms with Crippen molar-refractivity contribution in [3.05, 3.63) is 82.9 Å². The van der Waals surface area contributed by atoms with Crippen LogP contribution in [0.15, 0.2) is 54.7 Å². The van der Waals surface area contributed by atoms with E-state index in [-0.39, 0.29) is 0 Å². The lowest BCUT2D eigenvalue weighted by Crippen LogP contribution is -2.07. The summed E-state index contributed by atoms with van der Waals surface area (Å²) in [6.45, 7) is 7.52. The second-order valence-corrected chi connectivity index (χ2v) is 6.82. The number of nitrogens with one attached hydrogen (secondary N) is 1. The smallest absolute Gasteiger partial charge is 0.175 e. The molecule has 4 aromatic rings. The maximum atomic E-state index is 4.70. The van der Waals surface area contributed by atoms with Gasteiger partial charge in [-0.3, -0.25) is 4.68 Å². The summed E-state index contributed by atoms with van der Waals surface area (Å²) in [5.41, 5.74) is 5.55. The van der Waals surface area contributed by atoms with E-state index in [1.807, 2.05) is 44.3 Å². The Morgan fingerprint density at radius 2 is 1.71 bits per heavy atom. The molecule has 0 spiro atoms. The first kappa shape index (κ1) is 17.9. The molecule has 0 saturated heterocycles. The van der Waals surface area contributed by atoms with Crippen LogP contribution >= 0.6 is 0 Å². The molecule has 0 saturated carbocycles. The highest BCUT2D eigenvalue weighted by atomic mass is 15.3. The van der Waals surface area contributed by atoms with E-state index in [4.69, 9.17) is 5.10 Å². The molecule has 0 aliphatic heterocycles. The van der Waals surface area contributed by atoms with Gasteiger partial charge in [0.15, 0.2) is 5.82 Å². The number of aryl methyl sites for hydroxylation is 2. The fourth-order valence-electron chi connectivity index (χ4n) is 3.16. The molecule has 3 aromatic heterocycles. The zero-order chi connectivity index (χ0) is 19.5. The Bertz CT molecular complexity index is 1060. The summed E-state index contributed by atoms with van der Waals surface area (Å²) in [5.74, 6) is 1.42. The Morgan fingerprint density at radius 1 is 0.893 bits per heavy atom. The van der Waals surface area contributed by atoms with Gasteiger partial charge in [0, 0.05) is 24.0 Å². The number of hydrogen-bond donors (Lipinski definition) is 1. The van der Waals surface area contributed by atoms with Crippen molar-refractivity contribution in [3.8, 4) is 5.82 Å². The molecule has 1 N–H and O–H groups in total. The molecular formula is C21H23N7. The average Bonchev–Trinajstić information content (AvgIpc) is 3.25. The predicted octanol–water partition coefficient (Wildman–Crippen LogP) is 3.44. The molecule has 7 heteroatoms. The monoisotopic (exact) mass is 373 g/mol. The molecule has 0 aliphatic rings. The van der Waals surface area contributed by atoms with Gasteiger partial charge >= 0.3 is 0 Å².